The number of anilines is 1. The first-order valence-corrected chi connectivity index (χ1v) is 5.95. The number of halogens is 1. The van der Waals surface area contributed by atoms with Crippen molar-refractivity contribution in [3.05, 3.63) is 58.5 Å². The molecule has 1 aromatic heterocycles. The zero-order valence-corrected chi connectivity index (χ0v) is 9.71. The summed E-state index contributed by atoms with van der Waals surface area (Å²) >= 11 is 1.57. The Bertz CT molecular complexity index is 517. The fourth-order valence-corrected chi connectivity index (χ4v) is 1.89. The summed E-state index contributed by atoms with van der Waals surface area (Å²) in [6.07, 6.45) is 3.18. The lowest BCUT2D eigenvalue weighted by atomic mass is 10.3. The standard InChI is InChI=1S/C13H10FNOS/c14-11-2-4-12(5-3-11)15-13(16)6-1-10-7-8-17-9-10/h1-9H,(H,15,16)/b6-1-. The third-order valence-corrected chi connectivity index (χ3v) is 2.78. The molecule has 1 N–H and O–H groups in total. The SMILES string of the molecule is O=C(/C=C\c1ccsc1)Nc1ccc(F)cc1. The summed E-state index contributed by atoms with van der Waals surface area (Å²) < 4.78 is 12.6. The van der Waals surface area contributed by atoms with Crippen LogP contribution >= 0.6 is 11.3 Å². The van der Waals surface area contributed by atoms with Crippen LogP contribution in [-0.4, -0.2) is 5.91 Å². The second-order valence-electron chi connectivity index (χ2n) is 3.39. The van der Waals surface area contributed by atoms with Gasteiger partial charge >= 0.3 is 0 Å². The van der Waals surface area contributed by atoms with Crippen LogP contribution in [0.2, 0.25) is 0 Å². The summed E-state index contributed by atoms with van der Waals surface area (Å²) in [5.74, 6) is -0.556. The molecule has 0 aliphatic rings. The number of carbonyl (C=O) groups is 1. The molecule has 0 fully saturated rings. The third-order valence-electron chi connectivity index (χ3n) is 2.08. The van der Waals surface area contributed by atoms with Crippen LogP contribution in [0.1, 0.15) is 5.56 Å². The molecule has 1 amide bonds. The molecular weight excluding hydrogens is 237 g/mol. The molecule has 2 nitrogen and oxygen atoms in total. The maximum atomic E-state index is 12.6. The molecule has 0 radical (unpaired) electrons. The van der Waals surface area contributed by atoms with Gasteiger partial charge in [-0.2, -0.15) is 11.3 Å². The van der Waals surface area contributed by atoms with Gasteiger partial charge in [-0.1, -0.05) is 0 Å². The Morgan fingerprint density at radius 2 is 2.00 bits per heavy atom. The molecule has 17 heavy (non-hydrogen) atoms. The van der Waals surface area contributed by atoms with Gasteiger partial charge in [0, 0.05) is 11.8 Å². The van der Waals surface area contributed by atoms with Crippen molar-refractivity contribution < 1.29 is 9.18 Å². The van der Waals surface area contributed by atoms with Gasteiger partial charge in [-0.3, -0.25) is 4.79 Å². The topological polar surface area (TPSA) is 29.1 Å². The normalized spacial score (nSPS) is 10.6. The molecular formula is C13H10FNOS. The molecule has 0 spiro atoms. The summed E-state index contributed by atoms with van der Waals surface area (Å²) in [5.41, 5.74) is 1.57. The zero-order valence-electron chi connectivity index (χ0n) is 8.89. The van der Waals surface area contributed by atoms with Crippen molar-refractivity contribution in [2.75, 3.05) is 5.32 Å². The van der Waals surface area contributed by atoms with Crippen LogP contribution in [0.3, 0.4) is 0 Å². The first-order valence-electron chi connectivity index (χ1n) is 5.01. The van der Waals surface area contributed by atoms with E-state index in [4.69, 9.17) is 0 Å². The smallest absolute Gasteiger partial charge is 0.248 e. The highest BCUT2D eigenvalue weighted by Gasteiger charge is 1.97. The van der Waals surface area contributed by atoms with E-state index in [0.717, 1.165) is 5.56 Å². The summed E-state index contributed by atoms with van der Waals surface area (Å²) in [7, 11) is 0. The first kappa shape index (κ1) is 11.5. The summed E-state index contributed by atoms with van der Waals surface area (Å²) in [5, 5.41) is 6.53. The van der Waals surface area contributed by atoms with E-state index in [1.165, 1.54) is 30.3 Å². The van der Waals surface area contributed by atoms with Gasteiger partial charge in [0.05, 0.1) is 0 Å². The van der Waals surface area contributed by atoms with Gasteiger partial charge in [0.2, 0.25) is 5.91 Å². The number of hydrogen-bond acceptors (Lipinski definition) is 2. The van der Waals surface area contributed by atoms with Crippen LogP contribution in [0.15, 0.2) is 47.2 Å². The van der Waals surface area contributed by atoms with Crippen molar-refractivity contribution in [3.63, 3.8) is 0 Å². The number of rotatable bonds is 3. The Balaban J connectivity index is 1.95. The van der Waals surface area contributed by atoms with Gasteiger partial charge in [-0.25, -0.2) is 4.39 Å². The second-order valence-corrected chi connectivity index (χ2v) is 4.17. The van der Waals surface area contributed by atoms with Crippen LogP contribution < -0.4 is 5.32 Å². The quantitative estimate of drug-likeness (QED) is 0.826. The van der Waals surface area contributed by atoms with E-state index < -0.39 is 0 Å². The van der Waals surface area contributed by atoms with Gasteiger partial charge in [0.15, 0.2) is 0 Å². The number of benzene rings is 1. The number of nitrogens with one attached hydrogen (secondary N) is 1. The van der Waals surface area contributed by atoms with Crippen molar-refractivity contribution >= 4 is 29.0 Å². The molecule has 1 heterocycles. The van der Waals surface area contributed by atoms with E-state index in [-0.39, 0.29) is 11.7 Å². The molecule has 1 aromatic carbocycles. The van der Waals surface area contributed by atoms with Crippen LogP contribution in [0.25, 0.3) is 6.08 Å². The van der Waals surface area contributed by atoms with Gasteiger partial charge in [-0.15, -0.1) is 0 Å². The highest BCUT2D eigenvalue weighted by atomic mass is 32.1. The first-order chi connectivity index (χ1) is 8.24. The van der Waals surface area contributed by atoms with E-state index in [2.05, 4.69) is 5.32 Å². The zero-order chi connectivity index (χ0) is 12.1. The fourth-order valence-electron chi connectivity index (χ4n) is 1.26. The highest BCUT2D eigenvalue weighted by molar-refractivity contribution is 7.08. The Morgan fingerprint density at radius 3 is 2.65 bits per heavy atom. The summed E-state index contributed by atoms with van der Waals surface area (Å²) in [6, 6.07) is 7.57. The van der Waals surface area contributed by atoms with Crippen molar-refractivity contribution in [1.82, 2.24) is 0 Å². The molecule has 0 unspecified atom stereocenters. The summed E-state index contributed by atoms with van der Waals surface area (Å²) in [6.45, 7) is 0. The van der Waals surface area contributed by atoms with Gasteiger partial charge in [-0.05, 0) is 52.7 Å². The van der Waals surface area contributed by atoms with Crippen molar-refractivity contribution in [3.8, 4) is 0 Å². The Labute approximate surface area is 102 Å². The van der Waals surface area contributed by atoms with E-state index in [1.54, 1.807) is 17.4 Å². The van der Waals surface area contributed by atoms with E-state index in [1.807, 2.05) is 16.8 Å². The Hall–Kier alpha value is -1.94. The lowest BCUT2D eigenvalue weighted by molar-refractivity contribution is -0.111. The molecule has 0 saturated carbocycles. The predicted octanol–water partition coefficient (Wildman–Crippen LogP) is 3.54. The fraction of sp³-hybridized carbons (Fsp3) is 0. The average molecular weight is 247 g/mol. The minimum atomic E-state index is -0.322. The maximum absolute atomic E-state index is 12.6. The van der Waals surface area contributed by atoms with Crippen LogP contribution in [0.4, 0.5) is 10.1 Å². The second kappa shape index (κ2) is 5.41. The molecule has 0 bridgehead atoms. The monoisotopic (exact) mass is 247 g/mol. The number of thiophene rings is 1. The molecule has 0 aliphatic carbocycles. The Kier molecular flexibility index (Phi) is 3.67. The largest absolute Gasteiger partial charge is 0.323 e. The van der Waals surface area contributed by atoms with Crippen LogP contribution in [-0.2, 0) is 4.79 Å². The van der Waals surface area contributed by atoms with Crippen LogP contribution in [0, 0.1) is 5.82 Å². The average Bonchev–Trinajstić information content (AvgIpc) is 2.83. The highest BCUT2D eigenvalue weighted by Crippen LogP contribution is 2.10. The van der Waals surface area contributed by atoms with Crippen molar-refractivity contribution in [2.45, 2.75) is 0 Å². The van der Waals surface area contributed by atoms with E-state index in [0.29, 0.717) is 5.69 Å². The molecule has 86 valence electrons. The van der Waals surface area contributed by atoms with Crippen molar-refractivity contribution in [2.24, 2.45) is 0 Å². The molecule has 2 aromatic rings. The molecule has 0 saturated heterocycles. The molecule has 0 aliphatic heterocycles. The maximum Gasteiger partial charge on any atom is 0.248 e. The molecule has 4 heteroatoms. The summed E-state index contributed by atoms with van der Waals surface area (Å²) in [4.78, 5) is 11.5. The minimum Gasteiger partial charge on any atom is -0.323 e. The van der Waals surface area contributed by atoms with Gasteiger partial charge < -0.3 is 5.32 Å². The lowest BCUT2D eigenvalue weighted by Gasteiger charge is -2.00. The number of carbonyl (C=O) groups excluding carboxylic acids is 1. The van der Waals surface area contributed by atoms with E-state index >= 15 is 0 Å². The Morgan fingerprint density at radius 1 is 1.24 bits per heavy atom. The lowest BCUT2D eigenvalue weighted by Crippen LogP contribution is -2.07. The van der Waals surface area contributed by atoms with Crippen molar-refractivity contribution in [1.29, 1.82) is 0 Å². The van der Waals surface area contributed by atoms with Gasteiger partial charge in [0.25, 0.3) is 0 Å². The third kappa shape index (κ3) is 3.53. The molecule has 2 rings (SSSR count). The van der Waals surface area contributed by atoms with Gasteiger partial charge in [0.1, 0.15) is 5.82 Å². The minimum absolute atomic E-state index is 0.234. The van der Waals surface area contributed by atoms with E-state index in [9.17, 15) is 9.18 Å². The predicted molar refractivity (Wildman–Crippen MR) is 68.4 cm³/mol. The molecule has 0 atom stereocenters. The van der Waals surface area contributed by atoms with Crippen LogP contribution in [0.5, 0.6) is 0 Å². The number of amides is 1. The number of hydrogen-bond donors (Lipinski definition) is 1.